The molecule has 2 N–H and O–H groups in total. The Morgan fingerprint density at radius 2 is 1.43 bits per heavy atom. The molecule has 0 fully saturated rings. The van der Waals surface area contributed by atoms with Gasteiger partial charge in [0.1, 0.15) is 0 Å². The summed E-state index contributed by atoms with van der Waals surface area (Å²) in [5.41, 5.74) is 4.04. The number of nitrogens with one attached hydrogen (secondary N) is 2. The van der Waals surface area contributed by atoms with E-state index in [0.29, 0.717) is 16.8 Å². The summed E-state index contributed by atoms with van der Waals surface area (Å²) in [4.78, 5) is 11.9. The molecule has 2 aromatic rings. The predicted octanol–water partition coefficient (Wildman–Crippen LogP) is 5.45. The molecular weight excluding hydrogens is 352 g/mol. The van der Waals surface area contributed by atoms with Crippen LogP contribution in [0.15, 0.2) is 64.8 Å². The lowest BCUT2D eigenvalue weighted by molar-refractivity contribution is -0.116. The standard InChI is InChI=1S/C19H19BrN2O/c1-13-11-17(19(20)18(23)12-13)22-16-9-7-15(8-10-16)21-14-5-3-2-4-6-14/h2-10,13,21-22H,11-12H2,1H3. The third-order valence-electron chi connectivity index (χ3n) is 3.84. The summed E-state index contributed by atoms with van der Waals surface area (Å²) in [6, 6.07) is 18.1. The summed E-state index contributed by atoms with van der Waals surface area (Å²) in [6.45, 7) is 2.10. The van der Waals surface area contributed by atoms with Crippen LogP contribution in [0, 0.1) is 5.92 Å². The molecule has 0 saturated heterocycles. The molecule has 0 heterocycles. The zero-order valence-corrected chi connectivity index (χ0v) is 14.6. The summed E-state index contributed by atoms with van der Waals surface area (Å²) in [5, 5.41) is 6.72. The molecule has 3 rings (SSSR count). The van der Waals surface area contributed by atoms with Gasteiger partial charge in [-0.05, 0) is 64.7 Å². The monoisotopic (exact) mass is 370 g/mol. The molecule has 118 valence electrons. The number of benzene rings is 2. The van der Waals surface area contributed by atoms with Crippen LogP contribution >= 0.6 is 15.9 Å². The van der Waals surface area contributed by atoms with Gasteiger partial charge >= 0.3 is 0 Å². The maximum Gasteiger partial charge on any atom is 0.171 e. The zero-order valence-electron chi connectivity index (χ0n) is 13.0. The molecule has 0 bridgehead atoms. The minimum absolute atomic E-state index is 0.175. The number of carbonyl (C=O) groups is 1. The first-order valence-corrected chi connectivity index (χ1v) is 8.52. The van der Waals surface area contributed by atoms with Crippen molar-refractivity contribution >= 4 is 38.8 Å². The van der Waals surface area contributed by atoms with Gasteiger partial charge in [0, 0.05) is 29.2 Å². The third-order valence-corrected chi connectivity index (χ3v) is 4.76. The van der Waals surface area contributed by atoms with Gasteiger partial charge < -0.3 is 10.6 Å². The quantitative estimate of drug-likeness (QED) is 0.751. The fourth-order valence-corrected chi connectivity index (χ4v) is 3.11. The van der Waals surface area contributed by atoms with Crippen molar-refractivity contribution in [1.29, 1.82) is 0 Å². The topological polar surface area (TPSA) is 41.1 Å². The van der Waals surface area contributed by atoms with Crippen molar-refractivity contribution in [1.82, 2.24) is 0 Å². The number of para-hydroxylation sites is 1. The predicted molar refractivity (Wildman–Crippen MR) is 99.1 cm³/mol. The van der Waals surface area contributed by atoms with Gasteiger partial charge in [-0.15, -0.1) is 0 Å². The second-order valence-electron chi connectivity index (χ2n) is 5.92. The molecular formula is C19H19BrN2O. The van der Waals surface area contributed by atoms with E-state index in [1.54, 1.807) is 0 Å². The van der Waals surface area contributed by atoms with Crippen LogP contribution in [0.4, 0.5) is 17.1 Å². The summed E-state index contributed by atoms with van der Waals surface area (Å²) >= 11 is 3.42. The van der Waals surface area contributed by atoms with E-state index in [9.17, 15) is 4.79 Å². The molecule has 0 aromatic heterocycles. The lowest BCUT2D eigenvalue weighted by atomic mass is 9.93. The number of Topliss-reactive ketones (excluding diaryl/α,β-unsaturated/α-hetero) is 1. The number of halogens is 1. The SMILES string of the molecule is CC1CC(=O)C(Br)=C(Nc2ccc(Nc3ccccc3)cc2)C1. The lowest BCUT2D eigenvalue weighted by Crippen LogP contribution is -2.18. The molecule has 1 aliphatic rings. The molecule has 4 heteroatoms. The molecule has 0 amide bonds. The third kappa shape index (κ3) is 4.02. The maximum atomic E-state index is 11.9. The molecule has 2 aromatic carbocycles. The van der Waals surface area contributed by atoms with Crippen LogP contribution < -0.4 is 10.6 Å². The number of rotatable bonds is 4. The molecule has 1 atom stereocenters. The van der Waals surface area contributed by atoms with Crippen molar-refractivity contribution in [3.8, 4) is 0 Å². The zero-order chi connectivity index (χ0) is 16.2. The van der Waals surface area contributed by atoms with Gasteiger partial charge in [0.2, 0.25) is 0 Å². The number of anilines is 3. The summed E-state index contributed by atoms with van der Waals surface area (Å²) in [6.07, 6.45) is 1.50. The molecule has 23 heavy (non-hydrogen) atoms. The van der Waals surface area contributed by atoms with Gasteiger partial charge in [0.15, 0.2) is 5.78 Å². The van der Waals surface area contributed by atoms with E-state index in [4.69, 9.17) is 0 Å². The smallest absolute Gasteiger partial charge is 0.171 e. The Labute approximate surface area is 144 Å². The van der Waals surface area contributed by atoms with Crippen molar-refractivity contribution in [2.24, 2.45) is 5.92 Å². The lowest BCUT2D eigenvalue weighted by Gasteiger charge is -2.22. The molecule has 0 spiro atoms. The van der Waals surface area contributed by atoms with Gasteiger partial charge in [-0.25, -0.2) is 0 Å². The number of hydrogen-bond donors (Lipinski definition) is 2. The van der Waals surface area contributed by atoms with Crippen LogP contribution in [0.25, 0.3) is 0 Å². The van der Waals surface area contributed by atoms with Crippen molar-refractivity contribution in [2.45, 2.75) is 19.8 Å². The van der Waals surface area contributed by atoms with E-state index >= 15 is 0 Å². The molecule has 0 radical (unpaired) electrons. The number of allylic oxidation sites excluding steroid dienone is 2. The van der Waals surface area contributed by atoms with Crippen LogP contribution in [0.3, 0.4) is 0 Å². The van der Waals surface area contributed by atoms with E-state index in [-0.39, 0.29) is 5.78 Å². The molecule has 0 aliphatic heterocycles. The van der Waals surface area contributed by atoms with Crippen LogP contribution in [0.2, 0.25) is 0 Å². The first-order valence-electron chi connectivity index (χ1n) is 7.73. The number of carbonyl (C=O) groups excluding carboxylic acids is 1. The molecule has 1 aliphatic carbocycles. The highest BCUT2D eigenvalue weighted by atomic mass is 79.9. The molecule has 3 nitrogen and oxygen atoms in total. The summed E-state index contributed by atoms with van der Waals surface area (Å²) in [7, 11) is 0. The second kappa shape index (κ2) is 7.01. The average Bonchev–Trinajstić information content (AvgIpc) is 2.55. The highest BCUT2D eigenvalue weighted by molar-refractivity contribution is 9.12. The van der Waals surface area contributed by atoms with E-state index < -0.39 is 0 Å². The Bertz CT molecular complexity index is 723. The van der Waals surface area contributed by atoms with E-state index in [1.165, 1.54) is 0 Å². The summed E-state index contributed by atoms with van der Waals surface area (Å²) < 4.78 is 0.682. The molecule has 1 unspecified atom stereocenters. The van der Waals surface area contributed by atoms with E-state index in [2.05, 4.69) is 33.5 Å². The second-order valence-corrected chi connectivity index (χ2v) is 6.72. The van der Waals surface area contributed by atoms with Gasteiger partial charge in [-0.1, -0.05) is 25.1 Å². The van der Waals surface area contributed by atoms with Crippen molar-refractivity contribution in [3.63, 3.8) is 0 Å². The Balaban J connectivity index is 1.70. The number of ketones is 1. The van der Waals surface area contributed by atoms with Crippen LogP contribution in [-0.2, 0) is 4.79 Å². The molecule has 0 saturated carbocycles. The first-order chi connectivity index (χ1) is 11.1. The largest absolute Gasteiger partial charge is 0.358 e. The van der Waals surface area contributed by atoms with Crippen LogP contribution in [0.5, 0.6) is 0 Å². The van der Waals surface area contributed by atoms with Gasteiger partial charge in [-0.2, -0.15) is 0 Å². The van der Waals surface area contributed by atoms with Gasteiger partial charge in [0.25, 0.3) is 0 Å². The van der Waals surface area contributed by atoms with Crippen molar-refractivity contribution in [2.75, 3.05) is 10.6 Å². The highest BCUT2D eigenvalue weighted by Crippen LogP contribution is 2.31. The Morgan fingerprint density at radius 1 is 0.870 bits per heavy atom. The first kappa shape index (κ1) is 15.8. The average molecular weight is 371 g/mol. The Hall–Kier alpha value is -2.07. The summed E-state index contributed by atoms with van der Waals surface area (Å²) in [5.74, 6) is 0.555. The normalized spacial score (nSPS) is 18.0. The van der Waals surface area contributed by atoms with Crippen molar-refractivity contribution in [3.05, 3.63) is 64.8 Å². The minimum Gasteiger partial charge on any atom is -0.358 e. The minimum atomic E-state index is 0.175. The van der Waals surface area contributed by atoms with Crippen LogP contribution in [-0.4, -0.2) is 5.78 Å². The Morgan fingerprint density at radius 3 is 2.09 bits per heavy atom. The van der Waals surface area contributed by atoms with Crippen molar-refractivity contribution < 1.29 is 4.79 Å². The van der Waals surface area contributed by atoms with Gasteiger partial charge in [-0.3, -0.25) is 4.79 Å². The fraction of sp³-hybridized carbons (Fsp3) is 0.211. The Kier molecular flexibility index (Phi) is 4.82. The number of hydrogen-bond acceptors (Lipinski definition) is 3. The highest BCUT2D eigenvalue weighted by Gasteiger charge is 2.23. The van der Waals surface area contributed by atoms with E-state index in [1.807, 2.05) is 54.6 Å². The van der Waals surface area contributed by atoms with Gasteiger partial charge in [0.05, 0.1) is 4.48 Å². The van der Waals surface area contributed by atoms with Crippen LogP contribution in [0.1, 0.15) is 19.8 Å². The van der Waals surface area contributed by atoms with E-state index in [0.717, 1.165) is 29.2 Å². The fourth-order valence-electron chi connectivity index (χ4n) is 2.69. The maximum absolute atomic E-state index is 11.9.